The van der Waals surface area contributed by atoms with Crippen molar-refractivity contribution < 1.29 is 24.9 Å². The Morgan fingerprint density at radius 1 is 1.33 bits per heavy atom. The summed E-state index contributed by atoms with van der Waals surface area (Å²) in [6.45, 7) is -1.00. The number of ether oxygens (including phenoxy) is 1. The molecule has 0 radical (unpaired) electrons. The Morgan fingerprint density at radius 3 is 2.33 bits per heavy atom. The van der Waals surface area contributed by atoms with Gasteiger partial charge in [-0.15, -0.1) is 0 Å². The summed E-state index contributed by atoms with van der Waals surface area (Å²) in [6, 6.07) is 0. The van der Waals surface area contributed by atoms with E-state index in [1.807, 2.05) is 0 Å². The first-order chi connectivity index (χ1) is 7.17. The molecule has 0 aromatic rings. The lowest BCUT2D eigenvalue weighted by atomic mass is 10.0. The lowest BCUT2D eigenvalue weighted by molar-refractivity contribution is -0.134. The molecule has 4 N–H and O–H groups in total. The summed E-state index contributed by atoms with van der Waals surface area (Å²) >= 11 is 0. The summed E-state index contributed by atoms with van der Waals surface area (Å²) in [5.41, 5.74) is -1.36. The zero-order valence-corrected chi connectivity index (χ0v) is 8.48. The van der Waals surface area contributed by atoms with Gasteiger partial charge in [0.1, 0.15) is 11.6 Å². The van der Waals surface area contributed by atoms with E-state index in [-0.39, 0.29) is 0 Å². The van der Waals surface area contributed by atoms with Gasteiger partial charge in [0, 0.05) is 6.61 Å². The molecule has 6 heteroatoms. The second-order valence-electron chi connectivity index (χ2n) is 3.75. The van der Waals surface area contributed by atoms with Crippen molar-refractivity contribution >= 4 is 5.91 Å². The van der Waals surface area contributed by atoms with Crippen LogP contribution in [0.2, 0.25) is 0 Å². The molecule has 1 atom stereocenters. The van der Waals surface area contributed by atoms with Gasteiger partial charge in [0.2, 0.25) is 5.91 Å². The van der Waals surface area contributed by atoms with E-state index in [9.17, 15) is 4.79 Å². The molecule has 0 saturated carbocycles. The van der Waals surface area contributed by atoms with Crippen molar-refractivity contribution in [2.75, 3.05) is 26.4 Å². The molecular weight excluding hydrogens is 202 g/mol. The van der Waals surface area contributed by atoms with Gasteiger partial charge < -0.3 is 25.4 Å². The molecule has 0 aromatic carbocycles. The number of carbonyl (C=O) groups is 1. The average molecular weight is 219 g/mol. The monoisotopic (exact) mass is 219 g/mol. The standard InChI is InChI=1S/C9H17NO5/c11-4-9(5-12,6-13)10-8(14)7-2-1-3-15-7/h7,11-13H,1-6H2,(H,10,14)/t7-/m1/s1. The predicted octanol–water partition coefficient (Wildman–Crippen LogP) is -2.00. The Morgan fingerprint density at radius 2 is 1.93 bits per heavy atom. The lowest BCUT2D eigenvalue weighted by Crippen LogP contribution is -2.59. The highest BCUT2D eigenvalue weighted by Gasteiger charge is 2.34. The quantitative estimate of drug-likeness (QED) is 0.428. The second kappa shape index (κ2) is 5.41. The normalized spacial score (nSPS) is 21.7. The van der Waals surface area contributed by atoms with Crippen LogP contribution in [0.3, 0.4) is 0 Å². The van der Waals surface area contributed by atoms with Crippen LogP contribution in [0.5, 0.6) is 0 Å². The molecule has 6 nitrogen and oxygen atoms in total. The number of nitrogens with one attached hydrogen (secondary N) is 1. The van der Waals surface area contributed by atoms with Crippen molar-refractivity contribution in [3.8, 4) is 0 Å². The fourth-order valence-corrected chi connectivity index (χ4v) is 1.39. The number of hydrogen-bond acceptors (Lipinski definition) is 5. The van der Waals surface area contributed by atoms with E-state index in [0.717, 1.165) is 6.42 Å². The predicted molar refractivity (Wildman–Crippen MR) is 51.1 cm³/mol. The van der Waals surface area contributed by atoms with E-state index in [0.29, 0.717) is 13.0 Å². The first-order valence-electron chi connectivity index (χ1n) is 4.93. The number of aliphatic hydroxyl groups is 3. The van der Waals surface area contributed by atoms with Gasteiger partial charge in [-0.05, 0) is 12.8 Å². The molecule has 15 heavy (non-hydrogen) atoms. The molecule has 1 saturated heterocycles. The summed E-state index contributed by atoms with van der Waals surface area (Å²) in [5, 5.41) is 29.4. The molecule has 1 aliphatic heterocycles. The van der Waals surface area contributed by atoms with Crippen LogP contribution in [0.25, 0.3) is 0 Å². The van der Waals surface area contributed by atoms with Crippen molar-refractivity contribution in [3.63, 3.8) is 0 Å². The van der Waals surface area contributed by atoms with E-state index >= 15 is 0 Å². The van der Waals surface area contributed by atoms with Crippen molar-refractivity contribution in [1.82, 2.24) is 5.32 Å². The molecule has 1 heterocycles. The van der Waals surface area contributed by atoms with Crippen LogP contribution in [0.4, 0.5) is 0 Å². The summed E-state index contributed by atoms with van der Waals surface area (Å²) < 4.78 is 5.14. The molecule has 1 rings (SSSR count). The number of hydrogen-bond donors (Lipinski definition) is 4. The molecule has 0 unspecified atom stereocenters. The van der Waals surface area contributed by atoms with Crippen LogP contribution in [-0.4, -0.2) is 59.3 Å². The van der Waals surface area contributed by atoms with E-state index in [1.54, 1.807) is 0 Å². The van der Waals surface area contributed by atoms with Crippen LogP contribution < -0.4 is 5.32 Å². The van der Waals surface area contributed by atoms with Crippen molar-refractivity contribution in [2.24, 2.45) is 0 Å². The van der Waals surface area contributed by atoms with E-state index in [4.69, 9.17) is 20.1 Å². The van der Waals surface area contributed by atoms with Gasteiger partial charge in [-0.25, -0.2) is 0 Å². The average Bonchev–Trinajstić information content (AvgIpc) is 2.79. The molecule has 1 fully saturated rings. The largest absolute Gasteiger partial charge is 0.394 e. The highest BCUT2D eigenvalue weighted by Crippen LogP contribution is 2.13. The Balaban J connectivity index is 2.53. The Kier molecular flexibility index (Phi) is 4.46. The topological polar surface area (TPSA) is 99.0 Å². The first-order valence-corrected chi connectivity index (χ1v) is 4.93. The van der Waals surface area contributed by atoms with E-state index < -0.39 is 37.4 Å². The molecule has 0 aliphatic carbocycles. The Labute approximate surface area is 87.9 Å². The smallest absolute Gasteiger partial charge is 0.249 e. The van der Waals surface area contributed by atoms with Crippen LogP contribution in [-0.2, 0) is 9.53 Å². The maximum absolute atomic E-state index is 11.6. The molecule has 0 aromatic heterocycles. The summed E-state index contributed by atoms with van der Waals surface area (Å²) in [5.74, 6) is -0.398. The summed E-state index contributed by atoms with van der Waals surface area (Å²) in [6.07, 6.45) is 0.918. The van der Waals surface area contributed by atoms with Crippen molar-refractivity contribution in [2.45, 2.75) is 24.5 Å². The Bertz CT molecular complexity index is 202. The van der Waals surface area contributed by atoms with Gasteiger partial charge in [-0.1, -0.05) is 0 Å². The third kappa shape index (κ3) is 2.88. The molecular formula is C9H17NO5. The minimum absolute atomic E-state index is 0.398. The second-order valence-corrected chi connectivity index (χ2v) is 3.75. The zero-order chi connectivity index (χ0) is 11.3. The van der Waals surface area contributed by atoms with Crippen molar-refractivity contribution in [3.05, 3.63) is 0 Å². The van der Waals surface area contributed by atoms with Gasteiger partial charge in [0.05, 0.1) is 19.8 Å². The summed E-state index contributed by atoms with van der Waals surface area (Å²) in [7, 11) is 0. The minimum atomic E-state index is -1.36. The van der Waals surface area contributed by atoms with Gasteiger partial charge in [-0.3, -0.25) is 4.79 Å². The number of carbonyl (C=O) groups excluding carboxylic acids is 1. The van der Waals surface area contributed by atoms with Gasteiger partial charge in [-0.2, -0.15) is 0 Å². The maximum atomic E-state index is 11.6. The van der Waals surface area contributed by atoms with Crippen LogP contribution in [0.15, 0.2) is 0 Å². The van der Waals surface area contributed by atoms with Gasteiger partial charge >= 0.3 is 0 Å². The van der Waals surface area contributed by atoms with Crippen molar-refractivity contribution in [1.29, 1.82) is 0 Å². The highest BCUT2D eigenvalue weighted by atomic mass is 16.5. The number of rotatable bonds is 5. The van der Waals surface area contributed by atoms with Gasteiger partial charge in [0.15, 0.2) is 0 Å². The minimum Gasteiger partial charge on any atom is -0.394 e. The van der Waals surface area contributed by atoms with E-state index in [1.165, 1.54) is 0 Å². The maximum Gasteiger partial charge on any atom is 0.249 e. The highest BCUT2D eigenvalue weighted by molar-refractivity contribution is 5.81. The fraction of sp³-hybridized carbons (Fsp3) is 0.889. The number of aliphatic hydroxyl groups excluding tert-OH is 3. The third-order valence-electron chi connectivity index (χ3n) is 2.52. The SMILES string of the molecule is O=C(NC(CO)(CO)CO)[C@H]1CCCO1. The summed E-state index contributed by atoms with van der Waals surface area (Å²) in [4.78, 5) is 11.6. The van der Waals surface area contributed by atoms with Gasteiger partial charge in [0.25, 0.3) is 0 Å². The molecule has 1 amide bonds. The Hall–Kier alpha value is -0.690. The van der Waals surface area contributed by atoms with Crippen LogP contribution >= 0.6 is 0 Å². The zero-order valence-electron chi connectivity index (χ0n) is 8.48. The van der Waals surface area contributed by atoms with E-state index in [2.05, 4.69) is 5.32 Å². The molecule has 0 bridgehead atoms. The first kappa shape index (κ1) is 12.4. The fourth-order valence-electron chi connectivity index (χ4n) is 1.39. The molecule has 1 aliphatic rings. The third-order valence-corrected chi connectivity index (χ3v) is 2.52. The van der Waals surface area contributed by atoms with Crippen LogP contribution in [0, 0.1) is 0 Å². The lowest BCUT2D eigenvalue weighted by Gasteiger charge is -2.29. The number of amides is 1. The molecule has 88 valence electrons. The van der Waals surface area contributed by atoms with Crippen LogP contribution in [0.1, 0.15) is 12.8 Å². The molecule has 0 spiro atoms.